The summed E-state index contributed by atoms with van der Waals surface area (Å²) in [5.74, 6) is -0.491. The largest absolute Gasteiger partial charge is 0.368 e. The van der Waals surface area contributed by atoms with Gasteiger partial charge in [0, 0.05) is 11.6 Å². The predicted molar refractivity (Wildman–Crippen MR) is 99.1 cm³/mol. The van der Waals surface area contributed by atoms with E-state index in [0.29, 0.717) is 17.1 Å². The van der Waals surface area contributed by atoms with Gasteiger partial charge in [-0.3, -0.25) is 14.5 Å². The highest BCUT2D eigenvalue weighted by atomic mass is 16.2. The molecule has 1 aromatic rings. The lowest BCUT2D eigenvalue weighted by molar-refractivity contribution is -0.121. The van der Waals surface area contributed by atoms with Crippen LogP contribution in [0.1, 0.15) is 39.0 Å². The number of rotatable bonds is 4. The average Bonchev–Trinajstić information content (AvgIpc) is 3.00. The first-order chi connectivity index (χ1) is 12.4. The van der Waals surface area contributed by atoms with Gasteiger partial charge in [0.2, 0.25) is 11.8 Å². The molecule has 1 heterocycles. The van der Waals surface area contributed by atoms with Gasteiger partial charge in [-0.15, -0.1) is 0 Å². The minimum Gasteiger partial charge on any atom is -0.368 e. The number of anilines is 3. The van der Waals surface area contributed by atoms with Crippen LogP contribution in [0.5, 0.6) is 0 Å². The van der Waals surface area contributed by atoms with Crippen molar-refractivity contribution < 1.29 is 14.4 Å². The number of nitrogens with one attached hydrogen (secondary N) is 1. The van der Waals surface area contributed by atoms with E-state index < -0.39 is 18.0 Å². The fourth-order valence-corrected chi connectivity index (χ4v) is 3.49. The van der Waals surface area contributed by atoms with Crippen LogP contribution < -0.4 is 26.6 Å². The molecule has 2 aliphatic rings. The third-order valence-electron chi connectivity index (χ3n) is 5.06. The van der Waals surface area contributed by atoms with Crippen LogP contribution in [0.2, 0.25) is 0 Å². The molecule has 0 aromatic heterocycles. The summed E-state index contributed by atoms with van der Waals surface area (Å²) in [6.07, 6.45) is 5.15. The maximum absolute atomic E-state index is 12.5. The Hall–Kier alpha value is -2.77. The van der Waals surface area contributed by atoms with E-state index >= 15 is 0 Å². The van der Waals surface area contributed by atoms with Crippen molar-refractivity contribution in [1.29, 1.82) is 0 Å². The lowest BCUT2D eigenvalue weighted by atomic mass is 9.88. The average molecular weight is 358 g/mol. The monoisotopic (exact) mass is 358 g/mol. The van der Waals surface area contributed by atoms with Crippen molar-refractivity contribution in [1.82, 2.24) is 0 Å². The van der Waals surface area contributed by atoms with Crippen molar-refractivity contribution in [3.05, 3.63) is 24.9 Å². The van der Waals surface area contributed by atoms with Crippen molar-refractivity contribution in [3.8, 4) is 0 Å². The summed E-state index contributed by atoms with van der Waals surface area (Å²) < 4.78 is 0. The van der Waals surface area contributed by atoms with Gasteiger partial charge in [-0.05, 0) is 38.0 Å². The van der Waals surface area contributed by atoms with Gasteiger partial charge >= 0.3 is 6.03 Å². The van der Waals surface area contributed by atoms with E-state index in [4.69, 9.17) is 11.5 Å². The Morgan fingerprint density at radius 2 is 1.81 bits per heavy atom. The summed E-state index contributed by atoms with van der Waals surface area (Å²) in [7, 11) is 0. The number of nitrogens with two attached hydrogens (primary N) is 2. The second kappa shape index (κ2) is 7.23. The summed E-state index contributed by atoms with van der Waals surface area (Å²) in [6.45, 7) is 3.09. The molecular formula is C18H24N5O3. The van der Waals surface area contributed by atoms with E-state index in [2.05, 4.69) is 5.32 Å². The summed E-state index contributed by atoms with van der Waals surface area (Å²) in [5.41, 5.74) is 12.6. The highest BCUT2D eigenvalue weighted by molar-refractivity contribution is 6.03. The van der Waals surface area contributed by atoms with Gasteiger partial charge in [-0.25, -0.2) is 4.79 Å². The lowest BCUT2D eigenvalue weighted by Crippen LogP contribution is -2.43. The zero-order chi connectivity index (χ0) is 18.8. The number of benzene rings is 1. The normalized spacial score (nSPS) is 18.3. The molecule has 5 N–H and O–H groups in total. The van der Waals surface area contributed by atoms with Crippen LogP contribution in [0.3, 0.4) is 0 Å². The zero-order valence-corrected chi connectivity index (χ0v) is 14.8. The van der Waals surface area contributed by atoms with E-state index in [-0.39, 0.29) is 11.8 Å². The summed E-state index contributed by atoms with van der Waals surface area (Å²) >= 11 is 0. The van der Waals surface area contributed by atoms with Crippen LogP contribution in [-0.4, -0.2) is 23.9 Å². The second-order valence-electron chi connectivity index (χ2n) is 6.84. The van der Waals surface area contributed by atoms with Gasteiger partial charge in [0.1, 0.15) is 6.04 Å². The summed E-state index contributed by atoms with van der Waals surface area (Å²) in [4.78, 5) is 38.6. The Bertz CT molecular complexity index is 730. The van der Waals surface area contributed by atoms with Crippen LogP contribution in [0.4, 0.5) is 21.9 Å². The van der Waals surface area contributed by atoms with Gasteiger partial charge in [-0.2, -0.15) is 0 Å². The van der Waals surface area contributed by atoms with Crippen molar-refractivity contribution in [3.63, 3.8) is 0 Å². The number of amides is 4. The maximum atomic E-state index is 12.5. The molecule has 0 spiro atoms. The number of urea groups is 1. The number of fused-ring (bicyclic) bond motifs is 1. The molecule has 4 amide bonds. The standard InChI is InChI=1S/C18H24N5O3/c1-11(16(19)24)22-10-23(18(20)26)14-8-7-13(9-15(14)22)21-17(25)12-5-3-2-4-6-12/h7-12H,2-6H2,1H3,(H2,19,24)(H2,20,26)(H,21,25). The fourth-order valence-electron chi connectivity index (χ4n) is 3.49. The van der Waals surface area contributed by atoms with Gasteiger partial charge in [0.05, 0.1) is 11.4 Å². The van der Waals surface area contributed by atoms with E-state index in [1.807, 2.05) is 0 Å². The maximum Gasteiger partial charge on any atom is 0.321 e. The molecule has 1 radical (unpaired) electrons. The van der Waals surface area contributed by atoms with Crippen LogP contribution in [0, 0.1) is 12.6 Å². The summed E-state index contributed by atoms with van der Waals surface area (Å²) in [6, 6.07) is 3.82. The van der Waals surface area contributed by atoms with Crippen LogP contribution >= 0.6 is 0 Å². The Labute approximate surface area is 152 Å². The first-order valence-electron chi connectivity index (χ1n) is 8.84. The molecule has 1 saturated carbocycles. The first kappa shape index (κ1) is 18.0. The molecule has 1 aliphatic carbocycles. The van der Waals surface area contributed by atoms with Gasteiger partial charge in [0.15, 0.2) is 6.67 Å². The molecule has 1 atom stereocenters. The molecule has 1 aromatic carbocycles. The van der Waals surface area contributed by atoms with Crippen molar-refractivity contribution in [2.45, 2.75) is 45.1 Å². The van der Waals surface area contributed by atoms with Gasteiger partial charge < -0.3 is 21.7 Å². The van der Waals surface area contributed by atoms with Gasteiger partial charge in [0.25, 0.3) is 0 Å². The molecule has 1 aliphatic heterocycles. The SMILES string of the molecule is CC(C(N)=O)N1[CH]N(C(N)=O)c2ccc(NC(=O)C3CCCCC3)cc21. The molecule has 8 nitrogen and oxygen atoms in total. The van der Waals surface area contributed by atoms with Crippen molar-refractivity contribution in [2.75, 3.05) is 15.1 Å². The van der Waals surface area contributed by atoms with E-state index in [9.17, 15) is 14.4 Å². The number of primary amides is 2. The lowest BCUT2D eigenvalue weighted by Gasteiger charge is -2.24. The number of nitrogens with zero attached hydrogens (tertiary/aromatic N) is 2. The molecule has 8 heteroatoms. The number of carbonyl (C=O) groups is 3. The fraction of sp³-hybridized carbons (Fsp3) is 0.444. The summed E-state index contributed by atoms with van der Waals surface area (Å²) in [5, 5.41) is 2.94. The molecular weight excluding hydrogens is 334 g/mol. The number of carbonyl (C=O) groups excluding carboxylic acids is 3. The Morgan fingerprint density at radius 1 is 1.12 bits per heavy atom. The van der Waals surface area contributed by atoms with Gasteiger partial charge in [-0.1, -0.05) is 19.3 Å². The van der Waals surface area contributed by atoms with E-state index in [1.165, 1.54) is 18.0 Å². The van der Waals surface area contributed by atoms with Crippen LogP contribution in [-0.2, 0) is 9.59 Å². The molecule has 26 heavy (non-hydrogen) atoms. The molecule has 0 saturated heterocycles. The number of hydrogen-bond donors (Lipinski definition) is 3. The second-order valence-corrected chi connectivity index (χ2v) is 6.84. The van der Waals surface area contributed by atoms with Crippen molar-refractivity contribution >= 4 is 34.9 Å². The smallest absolute Gasteiger partial charge is 0.321 e. The Morgan fingerprint density at radius 3 is 2.42 bits per heavy atom. The van der Waals surface area contributed by atoms with Crippen LogP contribution in [0.15, 0.2) is 18.2 Å². The van der Waals surface area contributed by atoms with E-state index in [0.717, 1.165) is 25.7 Å². The third kappa shape index (κ3) is 3.44. The highest BCUT2D eigenvalue weighted by Crippen LogP contribution is 2.41. The van der Waals surface area contributed by atoms with Crippen LogP contribution in [0.25, 0.3) is 0 Å². The minimum absolute atomic E-state index is 0.00730. The molecule has 3 rings (SSSR count). The minimum atomic E-state index is -0.664. The predicted octanol–water partition coefficient (Wildman–Crippen LogP) is 1.90. The highest BCUT2D eigenvalue weighted by Gasteiger charge is 2.34. The zero-order valence-electron chi connectivity index (χ0n) is 14.8. The third-order valence-corrected chi connectivity index (χ3v) is 5.06. The molecule has 0 bridgehead atoms. The number of hydrogen-bond acceptors (Lipinski definition) is 4. The molecule has 1 unspecified atom stereocenters. The first-order valence-corrected chi connectivity index (χ1v) is 8.84. The Balaban J connectivity index is 1.84. The quantitative estimate of drug-likeness (QED) is 0.761. The molecule has 139 valence electrons. The van der Waals surface area contributed by atoms with E-state index in [1.54, 1.807) is 30.0 Å². The molecule has 1 fully saturated rings. The van der Waals surface area contributed by atoms with Crippen molar-refractivity contribution in [2.24, 2.45) is 17.4 Å². The Kier molecular flexibility index (Phi) is 5.01. The topological polar surface area (TPSA) is 122 Å².